The zero-order valence-corrected chi connectivity index (χ0v) is 12.2. The van der Waals surface area contributed by atoms with Crippen molar-refractivity contribution in [1.29, 1.82) is 0 Å². The first-order valence-electron chi connectivity index (χ1n) is 7.28. The smallest absolute Gasteiger partial charge is 0.0762 e. The second-order valence-corrected chi connectivity index (χ2v) is 6.29. The molecule has 1 heterocycles. The molecule has 1 saturated carbocycles. The van der Waals surface area contributed by atoms with Gasteiger partial charge in [0.2, 0.25) is 0 Å². The maximum atomic E-state index is 4.44. The molecule has 3 atom stereocenters. The zero-order valence-electron chi connectivity index (χ0n) is 12.2. The van der Waals surface area contributed by atoms with Crippen LogP contribution in [0.4, 0.5) is 0 Å². The van der Waals surface area contributed by atoms with Crippen LogP contribution in [0.2, 0.25) is 0 Å². The molecule has 3 nitrogen and oxygen atoms in total. The molecule has 0 radical (unpaired) electrons. The van der Waals surface area contributed by atoms with Crippen LogP contribution in [0.3, 0.4) is 0 Å². The van der Waals surface area contributed by atoms with E-state index >= 15 is 0 Å². The summed E-state index contributed by atoms with van der Waals surface area (Å²) in [6.45, 7) is 8.00. The lowest BCUT2D eigenvalue weighted by molar-refractivity contribution is 0.168. The van der Waals surface area contributed by atoms with E-state index in [0.29, 0.717) is 6.04 Å². The fourth-order valence-electron chi connectivity index (χ4n) is 3.23. The third kappa shape index (κ3) is 3.35. The van der Waals surface area contributed by atoms with Crippen molar-refractivity contribution in [2.75, 3.05) is 0 Å². The molecular weight excluding hydrogens is 222 g/mol. The van der Waals surface area contributed by atoms with E-state index in [0.717, 1.165) is 30.0 Å². The van der Waals surface area contributed by atoms with Gasteiger partial charge in [-0.3, -0.25) is 4.68 Å². The first kappa shape index (κ1) is 13.6. The second kappa shape index (κ2) is 5.87. The molecule has 102 valence electrons. The summed E-state index contributed by atoms with van der Waals surface area (Å²) in [4.78, 5) is 0. The topological polar surface area (TPSA) is 29.9 Å². The van der Waals surface area contributed by atoms with E-state index in [9.17, 15) is 0 Å². The largest absolute Gasteiger partial charge is 0.308 e. The maximum absolute atomic E-state index is 4.44. The van der Waals surface area contributed by atoms with Gasteiger partial charge < -0.3 is 5.32 Å². The number of nitrogens with zero attached hydrogens (tertiary/aromatic N) is 2. The fourth-order valence-corrected chi connectivity index (χ4v) is 3.23. The van der Waals surface area contributed by atoms with Crippen LogP contribution in [0.1, 0.15) is 45.7 Å². The average Bonchev–Trinajstić information content (AvgIpc) is 2.72. The van der Waals surface area contributed by atoms with E-state index in [2.05, 4.69) is 37.3 Å². The molecule has 1 aliphatic carbocycles. The highest BCUT2D eigenvalue weighted by Crippen LogP contribution is 2.33. The van der Waals surface area contributed by atoms with Crippen LogP contribution in [0.25, 0.3) is 0 Å². The minimum atomic E-state index is 0.663. The predicted octanol–water partition coefficient (Wildman–Crippen LogP) is 2.97. The van der Waals surface area contributed by atoms with Crippen molar-refractivity contribution >= 4 is 0 Å². The van der Waals surface area contributed by atoms with E-state index in [1.807, 2.05) is 17.9 Å². The standard InChI is InChI=1S/C15H27N3/c1-11(2)14-6-5-12(3)9-15(14)16-10-13-7-8-18(4)17-13/h7-8,11-12,14-16H,5-6,9-10H2,1-4H3. The van der Waals surface area contributed by atoms with E-state index in [1.165, 1.54) is 19.3 Å². The Morgan fingerprint density at radius 1 is 1.44 bits per heavy atom. The number of aromatic nitrogens is 2. The Kier molecular flexibility index (Phi) is 4.44. The Labute approximate surface area is 111 Å². The number of hydrogen-bond acceptors (Lipinski definition) is 2. The summed E-state index contributed by atoms with van der Waals surface area (Å²) in [5.74, 6) is 2.46. The maximum Gasteiger partial charge on any atom is 0.0762 e. The predicted molar refractivity (Wildman–Crippen MR) is 75.2 cm³/mol. The Morgan fingerprint density at radius 2 is 2.22 bits per heavy atom. The highest BCUT2D eigenvalue weighted by molar-refractivity contribution is 4.99. The molecule has 2 rings (SSSR count). The van der Waals surface area contributed by atoms with E-state index in [-0.39, 0.29) is 0 Å². The number of nitrogens with one attached hydrogen (secondary N) is 1. The lowest BCUT2D eigenvalue weighted by atomic mass is 9.74. The SMILES string of the molecule is CC1CCC(C(C)C)C(NCc2ccn(C)n2)C1. The molecule has 0 saturated heterocycles. The normalized spacial score (nSPS) is 28.8. The van der Waals surface area contributed by atoms with E-state index in [4.69, 9.17) is 0 Å². The van der Waals surface area contributed by atoms with Gasteiger partial charge in [-0.2, -0.15) is 5.10 Å². The van der Waals surface area contributed by atoms with Crippen LogP contribution in [-0.4, -0.2) is 15.8 Å². The number of hydrogen-bond donors (Lipinski definition) is 1. The summed E-state index contributed by atoms with van der Waals surface area (Å²) in [6.07, 6.45) is 6.10. The van der Waals surface area contributed by atoms with Gasteiger partial charge in [0, 0.05) is 25.8 Å². The Morgan fingerprint density at radius 3 is 2.83 bits per heavy atom. The molecule has 0 aliphatic heterocycles. The van der Waals surface area contributed by atoms with Crippen LogP contribution in [-0.2, 0) is 13.6 Å². The Hall–Kier alpha value is -0.830. The van der Waals surface area contributed by atoms with Crippen LogP contribution in [0, 0.1) is 17.8 Å². The van der Waals surface area contributed by atoms with Crippen molar-refractivity contribution in [3.8, 4) is 0 Å². The van der Waals surface area contributed by atoms with Gasteiger partial charge in [0.25, 0.3) is 0 Å². The fraction of sp³-hybridized carbons (Fsp3) is 0.800. The molecule has 1 N–H and O–H groups in total. The minimum Gasteiger partial charge on any atom is -0.308 e. The molecular formula is C15H27N3. The van der Waals surface area contributed by atoms with E-state index in [1.54, 1.807) is 0 Å². The molecule has 0 bridgehead atoms. The quantitative estimate of drug-likeness (QED) is 0.889. The van der Waals surface area contributed by atoms with Gasteiger partial charge in [0.1, 0.15) is 0 Å². The minimum absolute atomic E-state index is 0.663. The summed E-state index contributed by atoms with van der Waals surface area (Å²) in [7, 11) is 1.98. The van der Waals surface area contributed by atoms with Crippen molar-refractivity contribution in [2.24, 2.45) is 24.8 Å². The van der Waals surface area contributed by atoms with Gasteiger partial charge in [-0.25, -0.2) is 0 Å². The van der Waals surface area contributed by atoms with Gasteiger partial charge in [0.15, 0.2) is 0 Å². The molecule has 1 aliphatic rings. The molecule has 0 spiro atoms. The third-order valence-corrected chi connectivity index (χ3v) is 4.34. The molecule has 1 aromatic heterocycles. The van der Waals surface area contributed by atoms with Crippen molar-refractivity contribution in [3.63, 3.8) is 0 Å². The number of aryl methyl sites for hydroxylation is 1. The molecule has 0 amide bonds. The van der Waals surface area contributed by atoms with Crippen LogP contribution in [0.15, 0.2) is 12.3 Å². The van der Waals surface area contributed by atoms with Gasteiger partial charge in [0.05, 0.1) is 5.69 Å². The third-order valence-electron chi connectivity index (χ3n) is 4.34. The van der Waals surface area contributed by atoms with Crippen molar-refractivity contribution < 1.29 is 0 Å². The highest BCUT2D eigenvalue weighted by Gasteiger charge is 2.30. The van der Waals surface area contributed by atoms with Gasteiger partial charge in [-0.05, 0) is 36.7 Å². The summed E-state index contributed by atoms with van der Waals surface area (Å²) >= 11 is 0. The van der Waals surface area contributed by atoms with Gasteiger partial charge in [-0.15, -0.1) is 0 Å². The molecule has 0 aromatic carbocycles. The van der Waals surface area contributed by atoms with Crippen molar-refractivity contribution in [3.05, 3.63) is 18.0 Å². The van der Waals surface area contributed by atoms with Crippen LogP contribution in [0.5, 0.6) is 0 Å². The first-order valence-corrected chi connectivity index (χ1v) is 7.28. The summed E-state index contributed by atoms with van der Waals surface area (Å²) in [5.41, 5.74) is 1.15. The highest BCUT2D eigenvalue weighted by atomic mass is 15.3. The first-order chi connectivity index (χ1) is 8.56. The number of rotatable bonds is 4. The van der Waals surface area contributed by atoms with Crippen LogP contribution >= 0.6 is 0 Å². The van der Waals surface area contributed by atoms with Crippen molar-refractivity contribution in [2.45, 2.75) is 52.6 Å². The molecule has 1 aromatic rings. The molecule has 1 fully saturated rings. The Bertz CT molecular complexity index is 370. The van der Waals surface area contributed by atoms with Crippen LogP contribution < -0.4 is 5.32 Å². The molecule has 3 unspecified atom stereocenters. The average molecular weight is 249 g/mol. The second-order valence-electron chi connectivity index (χ2n) is 6.29. The monoisotopic (exact) mass is 249 g/mol. The zero-order chi connectivity index (χ0) is 13.1. The lowest BCUT2D eigenvalue weighted by Crippen LogP contribution is -2.42. The van der Waals surface area contributed by atoms with Gasteiger partial charge in [-0.1, -0.05) is 27.2 Å². The molecule has 18 heavy (non-hydrogen) atoms. The summed E-state index contributed by atoms with van der Waals surface area (Å²) < 4.78 is 1.88. The van der Waals surface area contributed by atoms with Crippen molar-refractivity contribution in [1.82, 2.24) is 15.1 Å². The molecule has 3 heteroatoms. The summed E-state index contributed by atoms with van der Waals surface area (Å²) in [6, 6.07) is 2.76. The van der Waals surface area contributed by atoms with E-state index < -0.39 is 0 Å². The van der Waals surface area contributed by atoms with Gasteiger partial charge >= 0.3 is 0 Å². The summed E-state index contributed by atoms with van der Waals surface area (Å²) in [5, 5.41) is 8.18. The Balaban J connectivity index is 1.92. The lowest BCUT2D eigenvalue weighted by Gasteiger charge is -2.37.